The number of piperidine rings is 1. The molecule has 206 valence electrons. The van der Waals surface area contributed by atoms with Gasteiger partial charge < -0.3 is 25.6 Å². The predicted octanol–water partition coefficient (Wildman–Crippen LogP) is 3.00. The van der Waals surface area contributed by atoms with E-state index in [1.807, 2.05) is 37.4 Å². The molecule has 1 fully saturated rings. The number of carbonyl (C=O) groups is 4. The summed E-state index contributed by atoms with van der Waals surface area (Å²) in [6.45, 7) is 10.2. The van der Waals surface area contributed by atoms with Crippen molar-refractivity contribution in [1.82, 2.24) is 20.9 Å². The van der Waals surface area contributed by atoms with E-state index in [-0.39, 0.29) is 23.6 Å². The Morgan fingerprint density at radius 3 is 2.27 bits per heavy atom. The van der Waals surface area contributed by atoms with Crippen molar-refractivity contribution in [3.8, 4) is 0 Å². The fourth-order valence-corrected chi connectivity index (χ4v) is 4.44. The number of rotatable bonds is 10. The van der Waals surface area contributed by atoms with Gasteiger partial charge in [0.2, 0.25) is 17.7 Å². The summed E-state index contributed by atoms with van der Waals surface area (Å²) in [6, 6.07) is 6.56. The lowest BCUT2D eigenvalue weighted by Gasteiger charge is -2.34. The van der Waals surface area contributed by atoms with E-state index in [0.717, 1.165) is 16.9 Å². The zero-order valence-corrected chi connectivity index (χ0v) is 23.7. The van der Waals surface area contributed by atoms with Crippen LogP contribution in [-0.4, -0.2) is 71.5 Å². The van der Waals surface area contributed by atoms with Crippen LogP contribution in [0.3, 0.4) is 0 Å². The van der Waals surface area contributed by atoms with Crippen LogP contribution in [0, 0.1) is 12.8 Å². The Morgan fingerprint density at radius 2 is 1.70 bits per heavy atom. The van der Waals surface area contributed by atoms with Gasteiger partial charge in [0.1, 0.15) is 17.7 Å². The number of amides is 4. The summed E-state index contributed by atoms with van der Waals surface area (Å²) in [6.07, 6.45) is 2.82. The maximum absolute atomic E-state index is 13.1. The van der Waals surface area contributed by atoms with Gasteiger partial charge in [0.15, 0.2) is 0 Å². The van der Waals surface area contributed by atoms with Gasteiger partial charge >= 0.3 is 6.09 Å². The molecule has 0 spiro atoms. The van der Waals surface area contributed by atoms with Crippen molar-refractivity contribution in [2.24, 2.45) is 5.92 Å². The maximum atomic E-state index is 13.1. The van der Waals surface area contributed by atoms with E-state index in [2.05, 4.69) is 16.0 Å². The van der Waals surface area contributed by atoms with Gasteiger partial charge in [-0.05, 0) is 71.5 Å². The highest BCUT2D eigenvalue weighted by Crippen LogP contribution is 2.19. The topological polar surface area (TPSA) is 117 Å². The lowest BCUT2D eigenvalue weighted by Crippen LogP contribution is -2.53. The fraction of sp³-hybridized carbons (Fsp3) is 0.630. The second kappa shape index (κ2) is 14.3. The molecule has 9 nitrogen and oxygen atoms in total. The smallest absolute Gasteiger partial charge is 0.408 e. The molecule has 2 atom stereocenters. The number of carbonyl (C=O) groups excluding carboxylic acids is 4. The van der Waals surface area contributed by atoms with E-state index in [0.29, 0.717) is 38.9 Å². The van der Waals surface area contributed by atoms with Crippen molar-refractivity contribution in [1.29, 1.82) is 0 Å². The number of benzene rings is 1. The second-order valence-corrected chi connectivity index (χ2v) is 11.5. The van der Waals surface area contributed by atoms with Gasteiger partial charge in [-0.1, -0.05) is 29.8 Å². The number of aryl methyl sites for hydroxylation is 1. The van der Waals surface area contributed by atoms with Crippen molar-refractivity contribution in [2.45, 2.75) is 78.1 Å². The zero-order chi connectivity index (χ0) is 27.6. The summed E-state index contributed by atoms with van der Waals surface area (Å²) in [5.41, 5.74) is 1.49. The normalized spacial score (nSPS) is 15.9. The largest absolute Gasteiger partial charge is 0.444 e. The van der Waals surface area contributed by atoms with Gasteiger partial charge in [-0.3, -0.25) is 14.4 Å². The lowest BCUT2D eigenvalue weighted by molar-refractivity contribution is -0.138. The van der Waals surface area contributed by atoms with Gasteiger partial charge in [-0.25, -0.2) is 4.79 Å². The quantitative estimate of drug-likeness (QED) is 0.425. The molecule has 2 rings (SSSR count). The first-order valence-corrected chi connectivity index (χ1v) is 14.2. The van der Waals surface area contributed by atoms with E-state index in [1.165, 1.54) is 0 Å². The highest BCUT2D eigenvalue weighted by atomic mass is 32.2. The number of nitrogens with zero attached hydrogens (tertiary/aromatic N) is 1. The van der Waals surface area contributed by atoms with Gasteiger partial charge in [0.25, 0.3) is 0 Å². The first-order chi connectivity index (χ1) is 17.4. The van der Waals surface area contributed by atoms with Gasteiger partial charge in [0.05, 0.1) is 0 Å². The van der Waals surface area contributed by atoms with Crippen molar-refractivity contribution in [3.05, 3.63) is 35.4 Å². The average Bonchev–Trinajstić information content (AvgIpc) is 2.84. The number of likely N-dealkylation sites (tertiary alicyclic amines) is 1. The van der Waals surface area contributed by atoms with Crippen LogP contribution in [0.1, 0.15) is 58.1 Å². The van der Waals surface area contributed by atoms with Gasteiger partial charge in [-0.15, -0.1) is 0 Å². The minimum Gasteiger partial charge on any atom is -0.444 e. The molecule has 0 radical (unpaired) electrons. The van der Waals surface area contributed by atoms with Gasteiger partial charge in [0, 0.05) is 25.6 Å². The zero-order valence-electron chi connectivity index (χ0n) is 22.9. The standard InChI is InChI=1S/C27H42N4O5S/c1-18-7-9-20(10-8-18)17-28-23(32)19(2)29-24(33)21-11-14-31(15-12-21)25(34)22(13-16-37-6)30-26(35)36-27(3,4)5/h7-10,19,21-22H,11-17H2,1-6H3,(H,28,32)(H,29,33)(H,30,35)/t19-,22-/m0/s1. The van der Waals surface area contributed by atoms with E-state index in [9.17, 15) is 19.2 Å². The summed E-state index contributed by atoms with van der Waals surface area (Å²) in [4.78, 5) is 52.3. The van der Waals surface area contributed by atoms with Crippen LogP contribution >= 0.6 is 11.8 Å². The van der Waals surface area contributed by atoms with E-state index in [4.69, 9.17) is 4.74 Å². The van der Waals surface area contributed by atoms with Crippen molar-refractivity contribution < 1.29 is 23.9 Å². The molecule has 0 bridgehead atoms. The summed E-state index contributed by atoms with van der Waals surface area (Å²) >= 11 is 1.60. The number of alkyl carbamates (subject to hydrolysis) is 1. The van der Waals surface area contributed by atoms with Crippen LogP contribution in [0.4, 0.5) is 4.79 Å². The van der Waals surface area contributed by atoms with Crippen molar-refractivity contribution in [2.75, 3.05) is 25.1 Å². The molecule has 0 unspecified atom stereocenters. The van der Waals surface area contributed by atoms with E-state index < -0.39 is 23.8 Å². The summed E-state index contributed by atoms with van der Waals surface area (Å²) in [5.74, 6) is -0.153. The fourth-order valence-electron chi connectivity index (χ4n) is 3.97. The molecule has 0 aliphatic carbocycles. The van der Waals surface area contributed by atoms with Crippen LogP contribution in [-0.2, 0) is 25.7 Å². The molecular weight excluding hydrogens is 492 g/mol. The Morgan fingerprint density at radius 1 is 1.08 bits per heavy atom. The van der Waals surface area contributed by atoms with Crippen molar-refractivity contribution >= 4 is 35.6 Å². The predicted molar refractivity (Wildman–Crippen MR) is 146 cm³/mol. The Hall–Kier alpha value is -2.75. The minimum absolute atomic E-state index is 0.164. The molecule has 1 aliphatic heterocycles. The van der Waals surface area contributed by atoms with E-state index >= 15 is 0 Å². The summed E-state index contributed by atoms with van der Waals surface area (Å²) in [5, 5.41) is 8.38. The van der Waals surface area contributed by atoms with Crippen LogP contribution < -0.4 is 16.0 Å². The first kappa shape index (κ1) is 30.5. The number of ether oxygens (including phenoxy) is 1. The Bertz CT molecular complexity index is 924. The monoisotopic (exact) mass is 534 g/mol. The third-order valence-corrected chi connectivity index (χ3v) is 6.76. The number of nitrogens with one attached hydrogen (secondary N) is 3. The van der Waals surface area contributed by atoms with Crippen LogP contribution in [0.2, 0.25) is 0 Å². The number of hydrogen-bond donors (Lipinski definition) is 3. The Kier molecular flexibility index (Phi) is 11.7. The van der Waals surface area contributed by atoms with Crippen LogP contribution in [0.15, 0.2) is 24.3 Å². The summed E-state index contributed by atoms with van der Waals surface area (Å²) < 4.78 is 5.32. The molecular formula is C27H42N4O5S. The average molecular weight is 535 g/mol. The highest BCUT2D eigenvalue weighted by molar-refractivity contribution is 7.98. The van der Waals surface area contributed by atoms with Gasteiger partial charge in [-0.2, -0.15) is 11.8 Å². The lowest BCUT2D eigenvalue weighted by atomic mass is 9.95. The maximum Gasteiger partial charge on any atom is 0.408 e. The SMILES string of the molecule is CSCC[C@H](NC(=O)OC(C)(C)C)C(=O)N1CCC(C(=O)N[C@@H](C)C(=O)NCc2ccc(C)cc2)CC1. The Balaban J connectivity index is 1.82. The van der Waals surface area contributed by atoms with Crippen molar-refractivity contribution in [3.63, 3.8) is 0 Å². The van der Waals surface area contributed by atoms with Crippen LogP contribution in [0.5, 0.6) is 0 Å². The minimum atomic E-state index is -0.676. The van der Waals surface area contributed by atoms with E-state index in [1.54, 1.807) is 44.4 Å². The highest BCUT2D eigenvalue weighted by Gasteiger charge is 2.33. The molecule has 37 heavy (non-hydrogen) atoms. The molecule has 4 amide bonds. The molecule has 1 heterocycles. The molecule has 1 aliphatic rings. The number of thioether (sulfide) groups is 1. The third kappa shape index (κ3) is 10.6. The third-order valence-electron chi connectivity index (χ3n) is 6.12. The molecule has 0 saturated carbocycles. The molecule has 10 heteroatoms. The summed E-state index contributed by atoms with van der Waals surface area (Å²) in [7, 11) is 0. The second-order valence-electron chi connectivity index (χ2n) is 10.5. The number of hydrogen-bond acceptors (Lipinski definition) is 6. The molecule has 1 aromatic carbocycles. The van der Waals surface area contributed by atoms with Crippen LogP contribution in [0.25, 0.3) is 0 Å². The first-order valence-electron chi connectivity index (χ1n) is 12.8. The molecule has 1 aromatic rings. The Labute approximate surface area is 224 Å². The molecule has 0 aromatic heterocycles. The molecule has 3 N–H and O–H groups in total. The molecule has 1 saturated heterocycles.